The van der Waals surface area contributed by atoms with Gasteiger partial charge in [0.25, 0.3) is 0 Å². The molecule has 2 aromatic rings. The first-order chi connectivity index (χ1) is 9.78. The van der Waals surface area contributed by atoms with E-state index >= 15 is 0 Å². The molecule has 0 bridgehead atoms. The second kappa shape index (κ2) is 5.63. The van der Waals surface area contributed by atoms with Crippen LogP contribution in [-0.2, 0) is 13.5 Å². The van der Waals surface area contributed by atoms with Crippen LogP contribution in [-0.4, -0.2) is 34.2 Å². The lowest BCUT2D eigenvalue weighted by Crippen LogP contribution is -2.37. The maximum Gasteiger partial charge on any atom is 0.122 e. The Morgan fingerprint density at radius 2 is 2.30 bits per heavy atom. The van der Waals surface area contributed by atoms with Crippen molar-refractivity contribution in [1.29, 1.82) is 0 Å². The molecule has 0 saturated carbocycles. The average Bonchev–Trinajstić information content (AvgIpc) is 3.04. The van der Waals surface area contributed by atoms with Crippen molar-refractivity contribution in [2.24, 2.45) is 7.05 Å². The van der Waals surface area contributed by atoms with Crippen molar-refractivity contribution in [3.63, 3.8) is 0 Å². The molecule has 0 fully saturated rings. The number of rotatable bonds is 5. The molecule has 1 aromatic carbocycles. The molecule has 0 saturated heterocycles. The number of hydrogen-bond donors (Lipinski definition) is 1. The summed E-state index contributed by atoms with van der Waals surface area (Å²) in [5.41, 5.74) is 2.31. The van der Waals surface area contributed by atoms with Gasteiger partial charge in [0.15, 0.2) is 0 Å². The number of nitrogens with one attached hydrogen (secondary N) is 1. The van der Waals surface area contributed by atoms with E-state index in [0.29, 0.717) is 12.0 Å². The minimum absolute atomic E-state index is 0.320. The van der Waals surface area contributed by atoms with Crippen molar-refractivity contribution in [1.82, 2.24) is 20.3 Å². The maximum atomic E-state index is 5.80. The largest absolute Gasteiger partial charge is 0.493 e. The molecule has 1 N–H and O–H groups in total. The van der Waals surface area contributed by atoms with Crippen LogP contribution in [0, 0.1) is 0 Å². The fraction of sp³-hybridized carbons (Fsp3) is 0.467. The number of fused-ring (bicyclic) bond motifs is 1. The Bertz CT molecular complexity index is 581. The topological polar surface area (TPSA) is 52.0 Å². The van der Waals surface area contributed by atoms with Crippen molar-refractivity contribution < 1.29 is 4.74 Å². The quantitative estimate of drug-likeness (QED) is 0.896. The molecule has 1 aromatic heterocycles. The molecule has 1 aliphatic rings. The number of benzene rings is 1. The molecule has 0 aliphatic carbocycles. The molecule has 5 heteroatoms. The van der Waals surface area contributed by atoms with Gasteiger partial charge in [-0.1, -0.05) is 30.3 Å². The molecule has 2 heterocycles. The molecule has 3 rings (SSSR count). The maximum absolute atomic E-state index is 5.80. The van der Waals surface area contributed by atoms with Crippen LogP contribution in [0.2, 0.25) is 0 Å². The summed E-state index contributed by atoms with van der Waals surface area (Å²) in [4.78, 5) is 0. The van der Waals surface area contributed by atoms with Gasteiger partial charge in [0.05, 0.1) is 12.3 Å². The molecule has 20 heavy (non-hydrogen) atoms. The smallest absolute Gasteiger partial charge is 0.122 e. The van der Waals surface area contributed by atoms with E-state index in [1.165, 1.54) is 5.56 Å². The Balaban J connectivity index is 1.81. The minimum Gasteiger partial charge on any atom is -0.493 e. The molecule has 5 nitrogen and oxygen atoms in total. The summed E-state index contributed by atoms with van der Waals surface area (Å²) in [6.45, 7) is 3.80. The standard InChI is InChI=1S/C15H20N4O/c1-3-16-14(8-11-9-19(2)18-17-11)13-10-20-15-7-5-4-6-12(13)15/h4-7,9,13-14,16H,3,8,10H2,1-2H3. The highest BCUT2D eigenvalue weighted by Crippen LogP contribution is 2.36. The van der Waals surface area contributed by atoms with Crippen LogP contribution in [0.15, 0.2) is 30.5 Å². The van der Waals surface area contributed by atoms with Gasteiger partial charge in [-0.25, -0.2) is 0 Å². The number of hydrogen-bond acceptors (Lipinski definition) is 4. The summed E-state index contributed by atoms with van der Waals surface area (Å²) in [5, 5.41) is 11.8. The fourth-order valence-electron chi connectivity index (χ4n) is 2.85. The molecular formula is C15H20N4O. The summed E-state index contributed by atoms with van der Waals surface area (Å²) < 4.78 is 7.55. The van der Waals surface area contributed by atoms with Gasteiger partial charge >= 0.3 is 0 Å². The van der Waals surface area contributed by atoms with E-state index in [2.05, 4.69) is 34.7 Å². The second-order valence-electron chi connectivity index (χ2n) is 5.21. The van der Waals surface area contributed by atoms with E-state index in [-0.39, 0.29) is 0 Å². The van der Waals surface area contributed by atoms with E-state index in [0.717, 1.165) is 31.0 Å². The SMILES string of the molecule is CCNC(Cc1cn(C)nn1)C1COc2ccccc21. The number of para-hydroxylation sites is 1. The van der Waals surface area contributed by atoms with Gasteiger partial charge in [0, 0.05) is 37.2 Å². The van der Waals surface area contributed by atoms with Crippen molar-refractivity contribution >= 4 is 0 Å². The summed E-state index contributed by atoms with van der Waals surface area (Å²) in [6, 6.07) is 8.62. The third kappa shape index (κ3) is 2.54. The number of likely N-dealkylation sites (N-methyl/N-ethyl adjacent to an activating group) is 1. The Morgan fingerprint density at radius 1 is 1.45 bits per heavy atom. The second-order valence-corrected chi connectivity index (χ2v) is 5.21. The van der Waals surface area contributed by atoms with E-state index in [1.54, 1.807) is 4.68 Å². The highest BCUT2D eigenvalue weighted by molar-refractivity contribution is 5.40. The molecule has 2 atom stereocenters. The van der Waals surface area contributed by atoms with Crippen LogP contribution < -0.4 is 10.1 Å². The monoisotopic (exact) mass is 272 g/mol. The Labute approximate surface area is 118 Å². The first-order valence-corrected chi connectivity index (χ1v) is 7.08. The third-order valence-corrected chi connectivity index (χ3v) is 3.77. The molecule has 2 unspecified atom stereocenters. The van der Waals surface area contributed by atoms with Gasteiger partial charge in [-0.2, -0.15) is 0 Å². The van der Waals surface area contributed by atoms with Crippen molar-refractivity contribution in [2.45, 2.75) is 25.3 Å². The first kappa shape index (κ1) is 13.1. The van der Waals surface area contributed by atoms with Gasteiger partial charge < -0.3 is 10.1 Å². The van der Waals surface area contributed by atoms with Gasteiger partial charge in [-0.05, 0) is 12.6 Å². The zero-order valence-corrected chi connectivity index (χ0v) is 11.9. The first-order valence-electron chi connectivity index (χ1n) is 7.08. The van der Waals surface area contributed by atoms with E-state index in [1.807, 2.05) is 25.4 Å². The summed E-state index contributed by atoms with van der Waals surface area (Å²) >= 11 is 0. The molecule has 0 radical (unpaired) electrons. The number of ether oxygens (including phenoxy) is 1. The van der Waals surface area contributed by atoms with E-state index in [9.17, 15) is 0 Å². The third-order valence-electron chi connectivity index (χ3n) is 3.77. The molecule has 1 aliphatic heterocycles. The predicted molar refractivity (Wildman–Crippen MR) is 76.8 cm³/mol. The van der Waals surface area contributed by atoms with Gasteiger partial charge in [0.1, 0.15) is 5.75 Å². The lowest BCUT2D eigenvalue weighted by molar-refractivity contribution is 0.297. The van der Waals surface area contributed by atoms with Crippen LogP contribution in [0.25, 0.3) is 0 Å². The molecule has 106 valence electrons. The van der Waals surface area contributed by atoms with Crippen LogP contribution >= 0.6 is 0 Å². The zero-order valence-electron chi connectivity index (χ0n) is 11.9. The number of aromatic nitrogens is 3. The Morgan fingerprint density at radius 3 is 3.05 bits per heavy atom. The molecule has 0 amide bonds. The Hall–Kier alpha value is -1.88. The Kier molecular flexibility index (Phi) is 3.69. The summed E-state index contributed by atoms with van der Waals surface area (Å²) in [6.07, 6.45) is 2.84. The van der Waals surface area contributed by atoms with Crippen molar-refractivity contribution in [3.8, 4) is 5.75 Å². The van der Waals surface area contributed by atoms with Crippen molar-refractivity contribution in [3.05, 3.63) is 41.7 Å². The van der Waals surface area contributed by atoms with Crippen LogP contribution in [0.5, 0.6) is 5.75 Å². The van der Waals surface area contributed by atoms with Crippen LogP contribution in [0.1, 0.15) is 24.1 Å². The van der Waals surface area contributed by atoms with Crippen LogP contribution in [0.3, 0.4) is 0 Å². The average molecular weight is 272 g/mol. The molecular weight excluding hydrogens is 252 g/mol. The lowest BCUT2D eigenvalue weighted by Gasteiger charge is -2.22. The van der Waals surface area contributed by atoms with E-state index < -0.39 is 0 Å². The van der Waals surface area contributed by atoms with Crippen molar-refractivity contribution in [2.75, 3.05) is 13.2 Å². The highest BCUT2D eigenvalue weighted by Gasteiger charge is 2.31. The molecule has 0 spiro atoms. The van der Waals surface area contributed by atoms with Gasteiger partial charge in [0.2, 0.25) is 0 Å². The van der Waals surface area contributed by atoms with Gasteiger partial charge in [-0.15, -0.1) is 5.10 Å². The lowest BCUT2D eigenvalue weighted by atomic mass is 9.90. The summed E-state index contributed by atoms with van der Waals surface area (Å²) in [5.74, 6) is 1.38. The summed E-state index contributed by atoms with van der Waals surface area (Å²) in [7, 11) is 1.90. The minimum atomic E-state index is 0.320. The highest BCUT2D eigenvalue weighted by atomic mass is 16.5. The number of aryl methyl sites for hydroxylation is 1. The van der Waals surface area contributed by atoms with Crippen LogP contribution in [0.4, 0.5) is 0 Å². The fourth-order valence-corrected chi connectivity index (χ4v) is 2.85. The normalized spacial score (nSPS) is 18.6. The van der Waals surface area contributed by atoms with Gasteiger partial charge in [-0.3, -0.25) is 4.68 Å². The number of nitrogens with zero attached hydrogens (tertiary/aromatic N) is 3. The zero-order chi connectivity index (χ0) is 13.9. The predicted octanol–water partition coefficient (Wildman–Crippen LogP) is 1.51. The van der Waals surface area contributed by atoms with E-state index in [4.69, 9.17) is 4.74 Å².